The molecule has 0 aromatic heterocycles. The van der Waals surface area contributed by atoms with Crippen LogP contribution in [-0.4, -0.2) is 37.2 Å². The van der Waals surface area contributed by atoms with Crippen molar-refractivity contribution in [1.82, 2.24) is 0 Å². The summed E-state index contributed by atoms with van der Waals surface area (Å²) in [6.45, 7) is 6.33. The smallest absolute Gasteiger partial charge is 0.306 e. The monoisotopic (exact) mass is 981 g/mol. The highest BCUT2D eigenvalue weighted by Gasteiger charge is 2.19. The summed E-state index contributed by atoms with van der Waals surface area (Å²) < 4.78 is 16.8. The largest absolute Gasteiger partial charge is 0.462 e. The van der Waals surface area contributed by atoms with E-state index in [4.69, 9.17) is 14.2 Å². The van der Waals surface area contributed by atoms with E-state index < -0.39 is 6.10 Å². The fourth-order valence-electron chi connectivity index (χ4n) is 7.37. The van der Waals surface area contributed by atoms with Crippen LogP contribution in [0.3, 0.4) is 0 Å². The van der Waals surface area contributed by atoms with Crippen LogP contribution in [0, 0.1) is 0 Å². The van der Waals surface area contributed by atoms with E-state index in [1.165, 1.54) is 38.5 Å². The lowest BCUT2D eigenvalue weighted by Gasteiger charge is -2.18. The zero-order valence-electron chi connectivity index (χ0n) is 45.7. The summed E-state index contributed by atoms with van der Waals surface area (Å²) in [5, 5.41) is 0. The quantitative estimate of drug-likeness (QED) is 0.0262. The highest BCUT2D eigenvalue weighted by molar-refractivity contribution is 5.71. The van der Waals surface area contributed by atoms with Gasteiger partial charge in [-0.2, -0.15) is 0 Å². The van der Waals surface area contributed by atoms with Gasteiger partial charge in [0.05, 0.1) is 0 Å². The van der Waals surface area contributed by atoms with Gasteiger partial charge in [-0.3, -0.25) is 14.4 Å². The Balaban J connectivity index is 4.52. The molecular weight excluding hydrogens is 877 g/mol. The van der Waals surface area contributed by atoms with E-state index in [0.29, 0.717) is 12.8 Å². The molecule has 1 unspecified atom stereocenters. The van der Waals surface area contributed by atoms with Gasteiger partial charge in [0.15, 0.2) is 6.10 Å². The molecule has 1 atom stereocenters. The van der Waals surface area contributed by atoms with Gasteiger partial charge in [-0.1, -0.05) is 219 Å². The number of hydrogen-bond donors (Lipinski definition) is 0. The van der Waals surface area contributed by atoms with E-state index in [1.54, 1.807) is 0 Å². The highest BCUT2D eigenvalue weighted by Crippen LogP contribution is 2.13. The fraction of sp³-hybridized carbons (Fsp3) is 0.615. The van der Waals surface area contributed by atoms with Crippen LogP contribution in [-0.2, 0) is 28.6 Å². The fourth-order valence-corrected chi connectivity index (χ4v) is 7.37. The standard InChI is InChI=1S/C65H104O6/c1-4-7-10-13-16-19-22-25-28-31-32-35-37-40-43-46-49-52-55-58-64(67)70-61-62(71-65(68)59-56-53-50-47-44-41-38-34-30-27-24-21-18-15-12-9-6-3)60-69-63(66)57-54-51-48-45-42-39-36-33-29-26-23-20-17-14-11-8-5-2/h8-9,11-12,16-21,25-30,32,35-36,38-39,41,62H,4-7,10,13-15,22-24,31,33-34,37,40,42-61H2,1-3H3/b11-8-,12-9-,19-16-,20-17-,21-18-,28-25-,29-26-,30-27-,35-32-,39-36-,41-38-. The van der Waals surface area contributed by atoms with E-state index in [9.17, 15) is 14.4 Å². The maximum atomic E-state index is 12.9. The second kappa shape index (κ2) is 58.1. The van der Waals surface area contributed by atoms with Crippen LogP contribution in [0.15, 0.2) is 134 Å². The third-order valence-electron chi connectivity index (χ3n) is 11.6. The Bertz CT molecular complexity index is 1550. The van der Waals surface area contributed by atoms with Crippen LogP contribution in [0.2, 0.25) is 0 Å². The number of hydrogen-bond acceptors (Lipinski definition) is 6. The Morgan fingerprint density at radius 2 is 0.549 bits per heavy atom. The van der Waals surface area contributed by atoms with E-state index >= 15 is 0 Å². The molecule has 0 aliphatic rings. The van der Waals surface area contributed by atoms with Gasteiger partial charge in [-0.25, -0.2) is 0 Å². The van der Waals surface area contributed by atoms with Crippen LogP contribution in [0.4, 0.5) is 0 Å². The lowest BCUT2D eigenvalue weighted by Crippen LogP contribution is -2.30. The second-order valence-corrected chi connectivity index (χ2v) is 18.4. The lowest BCUT2D eigenvalue weighted by molar-refractivity contribution is -0.167. The number of esters is 3. The van der Waals surface area contributed by atoms with Crippen molar-refractivity contribution in [3.63, 3.8) is 0 Å². The third kappa shape index (κ3) is 56.3. The molecular formula is C65H104O6. The maximum absolute atomic E-state index is 12.9. The Morgan fingerprint density at radius 1 is 0.296 bits per heavy atom. The van der Waals surface area contributed by atoms with E-state index in [-0.39, 0.29) is 37.5 Å². The van der Waals surface area contributed by atoms with Crippen molar-refractivity contribution in [3.8, 4) is 0 Å². The summed E-state index contributed by atoms with van der Waals surface area (Å²) in [6.07, 6.45) is 81.5. The molecule has 6 heteroatoms. The van der Waals surface area contributed by atoms with Gasteiger partial charge < -0.3 is 14.2 Å². The average molecular weight is 982 g/mol. The average Bonchev–Trinajstić information content (AvgIpc) is 3.37. The molecule has 0 aromatic carbocycles. The summed E-state index contributed by atoms with van der Waals surface area (Å²) in [5.41, 5.74) is 0. The van der Waals surface area contributed by atoms with Crippen molar-refractivity contribution in [2.45, 2.75) is 245 Å². The molecule has 0 aliphatic carbocycles. The molecule has 0 amide bonds. The first-order valence-corrected chi connectivity index (χ1v) is 28.7. The number of allylic oxidation sites excluding steroid dienone is 22. The van der Waals surface area contributed by atoms with E-state index in [0.717, 1.165) is 161 Å². The molecule has 0 rings (SSSR count). The molecule has 0 aliphatic heterocycles. The first-order valence-electron chi connectivity index (χ1n) is 28.7. The molecule has 400 valence electrons. The Labute approximate surface area is 436 Å². The van der Waals surface area contributed by atoms with Gasteiger partial charge in [0.25, 0.3) is 0 Å². The third-order valence-corrected chi connectivity index (χ3v) is 11.6. The zero-order valence-corrected chi connectivity index (χ0v) is 45.7. The number of carbonyl (C=O) groups is 3. The van der Waals surface area contributed by atoms with Gasteiger partial charge >= 0.3 is 17.9 Å². The van der Waals surface area contributed by atoms with Gasteiger partial charge in [-0.05, 0) is 135 Å². The summed E-state index contributed by atoms with van der Waals surface area (Å²) in [4.78, 5) is 38.2. The van der Waals surface area contributed by atoms with Crippen molar-refractivity contribution >= 4 is 17.9 Å². The molecule has 0 saturated heterocycles. The number of carbonyl (C=O) groups excluding carboxylic acids is 3. The van der Waals surface area contributed by atoms with Crippen molar-refractivity contribution in [2.75, 3.05) is 13.2 Å². The molecule has 0 saturated carbocycles. The molecule has 0 radical (unpaired) electrons. The minimum Gasteiger partial charge on any atom is -0.462 e. The van der Waals surface area contributed by atoms with Crippen molar-refractivity contribution < 1.29 is 28.6 Å². The lowest BCUT2D eigenvalue weighted by atomic mass is 10.1. The normalized spacial score (nSPS) is 13.1. The summed E-state index contributed by atoms with van der Waals surface area (Å²) in [6, 6.07) is 0. The number of unbranched alkanes of at least 4 members (excludes halogenated alkanes) is 17. The SMILES string of the molecule is CC/C=C\C/C=C\C/C=C\C/C=C\CCCCCCC(=O)OCC(COC(=O)CCCCCCCC/C=C\C/C=C\C/C=C\CCCCC)OC(=O)CCCCCC/C=C\C/C=C\C/C=C\C/C=C\CC. The number of ether oxygens (including phenoxy) is 3. The minimum atomic E-state index is -0.813. The van der Waals surface area contributed by atoms with Crippen molar-refractivity contribution in [2.24, 2.45) is 0 Å². The van der Waals surface area contributed by atoms with Crippen LogP contribution in [0.5, 0.6) is 0 Å². The molecule has 0 spiro atoms. The predicted octanol–water partition coefficient (Wildman–Crippen LogP) is 19.4. The van der Waals surface area contributed by atoms with Crippen molar-refractivity contribution in [3.05, 3.63) is 134 Å². The molecule has 0 bridgehead atoms. The Hall–Kier alpha value is -4.45. The summed E-state index contributed by atoms with van der Waals surface area (Å²) in [7, 11) is 0. The van der Waals surface area contributed by atoms with Crippen LogP contribution < -0.4 is 0 Å². The second-order valence-electron chi connectivity index (χ2n) is 18.4. The summed E-state index contributed by atoms with van der Waals surface area (Å²) in [5.74, 6) is -0.971. The van der Waals surface area contributed by atoms with Crippen LogP contribution >= 0.6 is 0 Å². The molecule has 0 aromatic rings. The topological polar surface area (TPSA) is 78.9 Å². The Morgan fingerprint density at radius 3 is 0.859 bits per heavy atom. The maximum Gasteiger partial charge on any atom is 0.306 e. The molecule has 6 nitrogen and oxygen atoms in total. The number of rotatable bonds is 50. The first kappa shape index (κ1) is 66.6. The van der Waals surface area contributed by atoms with Crippen LogP contribution in [0.25, 0.3) is 0 Å². The molecule has 0 fully saturated rings. The van der Waals surface area contributed by atoms with E-state index in [1.807, 2.05) is 0 Å². The molecule has 71 heavy (non-hydrogen) atoms. The van der Waals surface area contributed by atoms with Crippen LogP contribution in [0.1, 0.15) is 239 Å². The Kier molecular flexibility index (Phi) is 54.5. The first-order chi connectivity index (χ1) is 35.0. The highest BCUT2D eigenvalue weighted by atomic mass is 16.6. The van der Waals surface area contributed by atoms with E-state index in [2.05, 4.69) is 154 Å². The minimum absolute atomic E-state index is 0.108. The zero-order chi connectivity index (χ0) is 51.4. The van der Waals surface area contributed by atoms with Gasteiger partial charge in [0.2, 0.25) is 0 Å². The molecule has 0 N–H and O–H groups in total. The summed E-state index contributed by atoms with van der Waals surface area (Å²) >= 11 is 0. The van der Waals surface area contributed by atoms with Gasteiger partial charge in [-0.15, -0.1) is 0 Å². The predicted molar refractivity (Wildman–Crippen MR) is 306 cm³/mol. The van der Waals surface area contributed by atoms with Gasteiger partial charge in [0, 0.05) is 19.3 Å². The molecule has 0 heterocycles. The van der Waals surface area contributed by atoms with Gasteiger partial charge in [0.1, 0.15) is 13.2 Å². The van der Waals surface area contributed by atoms with Crippen molar-refractivity contribution in [1.29, 1.82) is 0 Å².